The third-order valence-corrected chi connectivity index (χ3v) is 4.65. The molecule has 2 aliphatic rings. The molecule has 0 unspecified atom stereocenters. The Bertz CT molecular complexity index is 762. The number of nitrogens with zero attached hydrogens (tertiary/aromatic N) is 2. The van der Waals surface area contributed by atoms with E-state index in [1.165, 1.54) is 11.8 Å². The zero-order chi connectivity index (χ0) is 16.5. The lowest BCUT2D eigenvalue weighted by atomic mass is 10.0. The largest absolute Gasteiger partial charge is 0.459 e. The summed E-state index contributed by atoms with van der Waals surface area (Å²) < 4.78 is 5.19. The number of nitrogens with one attached hydrogen (secondary N) is 1. The van der Waals surface area contributed by atoms with Crippen molar-refractivity contribution in [2.75, 3.05) is 36.4 Å². The number of carbonyl (C=O) groups excluding carboxylic acids is 2. The molecule has 0 radical (unpaired) electrons. The Hall–Kier alpha value is -2.76. The van der Waals surface area contributed by atoms with Crippen LogP contribution in [-0.2, 0) is 11.2 Å². The highest BCUT2D eigenvalue weighted by Gasteiger charge is 2.24. The van der Waals surface area contributed by atoms with E-state index in [1.54, 1.807) is 12.1 Å². The minimum Gasteiger partial charge on any atom is -0.459 e. The second-order valence-electron chi connectivity index (χ2n) is 6.15. The van der Waals surface area contributed by atoms with Crippen molar-refractivity contribution in [3.05, 3.63) is 47.9 Å². The maximum absolute atomic E-state index is 12.3. The highest BCUT2D eigenvalue weighted by atomic mass is 16.3. The summed E-state index contributed by atoms with van der Waals surface area (Å²) in [6, 6.07) is 9.59. The number of fused-ring (bicyclic) bond motifs is 1. The number of carbonyl (C=O) groups is 2. The Morgan fingerprint density at radius 1 is 1.08 bits per heavy atom. The minimum atomic E-state index is -0.0483. The predicted octanol–water partition coefficient (Wildman–Crippen LogP) is 2.13. The van der Waals surface area contributed by atoms with Crippen molar-refractivity contribution < 1.29 is 14.0 Å². The second-order valence-corrected chi connectivity index (χ2v) is 6.15. The van der Waals surface area contributed by atoms with Gasteiger partial charge in [-0.1, -0.05) is 0 Å². The molecule has 124 valence electrons. The number of amides is 2. The van der Waals surface area contributed by atoms with Gasteiger partial charge < -0.3 is 19.5 Å². The molecule has 0 aliphatic carbocycles. The van der Waals surface area contributed by atoms with Gasteiger partial charge in [0.2, 0.25) is 5.91 Å². The molecule has 1 saturated heterocycles. The molecule has 1 aromatic heterocycles. The number of benzene rings is 1. The van der Waals surface area contributed by atoms with Crippen molar-refractivity contribution in [2.24, 2.45) is 0 Å². The van der Waals surface area contributed by atoms with Gasteiger partial charge in [-0.15, -0.1) is 0 Å². The lowest BCUT2D eigenvalue weighted by Crippen LogP contribution is -2.48. The summed E-state index contributed by atoms with van der Waals surface area (Å²) in [4.78, 5) is 27.9. The van der Waals surface area contributed by atoms with Gasteiger partial charge in [-0.2, -0.15) is 0 Å². The van der Waals surface area contributed by atoms with Gasteiger partial charge in [-0.25, -0.2) is 0 Å². The van der Waals surface area contributed by atoms with Crippen molar-refractivity contribution in [2.45, 2.75) is 12.8 Å². The van der Waals surface area contributed by atoms with Crippen LogP contribution in [0.2, 0.25) is 0 Å². The molecule has 0 atom stereocenters. The molecule has 1 N–H and O–H groups in total. The predicted molar refractivity (Wildman–Crippen MR) is 90.2 cm³/mol. The van der Waals surface area contributed by atoms with Gasteiger partial charge in [0.25, 0.3) is 5.91 Å². The molecule has 1 aromatic carbocycles. The summed E-state index contributed by atoms with van der Waals surface area (Å²) in [5.74, 6) is 0.432. The minimum absolute atomic E-state index is 0.0483. The monoisotopic (exact) mass is 325 g/mol. The maximum atomic E-state index is 12.3. The molecular formula is C18H19N3O3. The summed E-state index contributed by atoms with van der Waals surface area (Å²) in [5, 5.41) is 2.91. The maximum Gasteiger partial charge on any atom is 0.289 e. The topological polar surface area (TPSA) is 65.8 Å². The fraction of sp³-hybridized carbons (Fsp3) is 0.333. The number of piperazine rings is 1. The first-order chi connectivity index (χ1) is 11.7. The molecule has 2 aromatic rings. The molecule has 2 aliphatic heterocycles. The summed E-state index contributed by atoms with van der Waals surface area (Å²) in [6.07, 6.45) is 2.85. The molecule has 2 amide bonds. The zero-order valence-corrected chi connectivity index (χ0v) is 13.3. The quantitative estimate of drug-likeness (QED) is 0.918. The van der Waals surface area contributed by atoms with Crippen molar-refractivity contribution in [3.8, 4) is 0 Å². The molecular weight excluding hydrogens is 306 g/mol. The molecule has 0 spiro atoms. The summed E-state index contributed by atoms with van der Waals surface area (Å²) in [6.45, 7) is 2.93. The third kappa shape index (κ3) is 2.75. The fourth-order valence-corrected chi connectivity index (χ4v) is 3.29. The van der Waals surface area contributed by atoms with Crippen LogP contribution in [0.1, 0.15) is 22.5 Å². The van der Waals surface area contributed by atoms with Gasteiger partial charge in [0, 0.05) is 44.0 Å². The zero-order valence-electron chi connectivity index (χ0n) is 13.3. The molecule has 4 rings (SSSR count). The Morgan fingerprint density at radius 3 is 2.67 bits per heavy atom. The van der Waals surface area contributed by atoms with E-state index in [9.17, 15) is 9.59 Å². The first-order valence-electron chi connectivity index (χ1n) is 8.21. The number of hydrogen-bond donors (Lipinski definition) is 1. The van der Waals surface area contributed by atoms with E-state index in [0.717, 1.165) is 30.9 Å². The van der Waals surface area contributed by atoms with Gasteiger partial charge in [0.1, 0.15) is 0 Å². The van der Waals surface area contributed by atoms with E-state index in [-0.39, 0.29) is 11.8 Å². The van der Waals surface area contributed by atoms with Crippen LogP contribution in [0, 0.1) is 0 Å². The van der Waals surface area contributed by atoms with Gasteiger partial charge in [0.15, 0.2) is 5.76 Å². The molecule has 24 heavy (non-hydrogen) atoms. The average molecular weight is 325 g/mol. The molecule has 0 saturated carbocycles. The average Bonchev–Trinajstić information content (AvgIpc) is 3.15. The van der Waals surface area contributed by atoms with E-state index in [4.69, 9.17) is 4.42 Å². The normalized spacial score (nSPS) is 17.4. The Kier molecular flexibility index (Phi) is 3.72. The lowest BCUT2D eigenvalue weighted by molar-refractivity contribution is -0.116. The SMILES string of the molecule is O=C1CCc2cc(N3CCN(C(=O)c4ccco4)CC3)ccc2N1. The van der Waals surface area contributed by atoms with Crippen LogP contribution in [0.5, 0.6) is 0 Å². The Morgan fingerprint density at radius 2 is 1.92 bits per heavy atom. The number of anilines is 2. The van der Waals surface area contributed by atoms with Gasteiger partial charge in [-0.05, 0) is 42.3 Å². The van der Waals surface area contributed by atoms with Gasteiger partial charge in [-0.3, -0.25) is 9.59 Å². The lowest BCUT2D eigenvalue weighted by Gasteiger charge is -2.36. The van der Waals surface area contributed by atoms with Crippen molar-refractivity contribution >= 4 is 23.2 Å². The van der Waals surface area contributed by atoms with Crippen LogP contribution in [0.25, 0.3) is 0 Å². The molecule has 6 heteroatoms. The van der Waals surface area contributed by atoms with E-state index in [0.29, 0.717) is 25.3 Å². The Labute approximate surface area is 140 Å². The first-order valence-corrected chi connectivity index (χ1v) is 8.21. The van der Waals surface area contributed by atoms with E-state index in [2.05, 4.69) is 16.3 Å². The van der Waals surface area contributed by atoms with Crippen LogP contribution in [0.15, 0.2) is 41.0 Å². The summed E-state index contributed by atoms with van der Waals surface area (Å²) >= 11 is 0. The van der Waals surface area contributed by atoms with Crippen LogP contribution in [0.3, 0.4) is 0 Å². The Balaban J connectivity index is 1.43. The van der Waals surface area contributed by atoms with E-state index >= 15 is 0 Å². The number of hydrogen-bond acceptors (Lipinski definition) is 4. The smallest absolute Gasteiger partial charge is 0.289 e. The standard InChI is InChI=1S/C18H19N3O3/c22-17-6-3-13-12-14(4-5-15(13)19-17)20-7-9-21(10-8-20)18(23)16-2-1-11-24-16/h1-2,4-5,11-12H,3,6-10H2,(H,19,22). The molecule has 6 nitrogen and oxygen atoms in total. The van der Waals surface area contributed by atoms with Crippen LogP contribution >= 0.6 is 0 Å². The summed E-state index contributed by atoms with van der Waals surface area (Å²) in [5.41, 5.74) is 3.25. The molecule has 3 heterocycles. The van der Waals surface area contributed by atoms with Gasteiger partial charge >= 0.3 is 0 Å². The first kappa shape index (κ1) is 14.8. The van der Waals surface area contributed by atoms with Crippen LogP contribution < -0.4 is 10.2 Å². The van der Waals surface area contributed by atoms with Crippen molar-refractivity contribution in [1.82, 2.24) is 4.90 Å². The van der Waals surface area contributed by atoms with E-state index < -0.39 is 0 Å². The highest BCUT2D eigenvalue weighted by Crippen LogP contribution is 2.28. The van der Waals surface area contributed by atoms with Crippen LogP contribution in [0.4, 0.5) is 11.4 Å². The highest BCUT2D eigenvalue weighted by molar-refractivity contribution is 5.94. The number of furan rings is 1. The van der Waals surface area contributed by atoms with Crippen LogP contribution in [-0.4, -0.2) is 42.9 Å². The number of aryl methyl sites for hydroxylation is 1. The van der Waals surface area contributed by atoms with Gasteiger partial charge in [0.05, 0.1) is 6.26 Å². The number of rotatable bonds is 2. The second kappa shape index (κ2) is 6.03. The van der Waals surface area contributed by atoms with Crippen molar-refractivity contribution in [3.63, 3.8) is 0 Å². The molecule has 0 bridgehead atoms. The third-order valence-electron chi connectivity index (χ3n) is 4.65. The summed E-state index contributed by atoms with van der Waals surface area (Å²) in [7, 11) is 0. The molecule has 1 fully saturated rings. The van der Waals surface area contributed by atoms with Crippen molar-refractivity contribution in [1.29, 1.82) is 0 Å². The fourth-order valence-electron chi connectivity index (χ4n) is 3.29. The van der Waals surface area contributed by atoms with E-state index in [1.807, 2.05) is 17.0 Å².